The molecule has 0 aliphatic rings. The van der Waals surface area contributed by atoms with Gasteiger partial charge in [-0.25, -0.2) is 23.1 Å². The van der Waals surface area contributed by atoms with Crippen LogP contribution in [-0.4, -0.2) is 34.2 Å². The summed E-state index contributed by atoms with van der Waals surface area (Å²) in [7, 11) is -3.77. The van der Waals surface area contributed by atoms with Crippen molar-refractivity contribution in [1.82, 2.24) is 24.5 Å². The van der Waals surface area contributed by atoms with Gasteiger partial charge in [-0.05, 0) is 19.1 Å². The molecule has 1 N–H and O–H groups in total. The number of nitrogens with one attached hydrogen (secondary N) is 1. The van der Waals surface area contributed by atoms with Crippen molar-refractivity contribution in [3.63, 3.8) is 0 Å². The topological polar surface area (TPSA) is 89.8 Å². The van der Waals surface area contributed by atoms with Gasteiger partial charge >= 0.3 is 0 Å². The minimum atomic E-state index is -3.77. The molecule has 7 nitrogen and oxygen atoms in total. The van der Waals surface area contributed by atoms with Crippen LogP contribution >= 0.6 is 23.2 Å². The number of aromatic nitrogens is 4. The van der Waals surface area contributed by atoms with Crippen molar-refractivity contribution < 1.29 is 8.42 Å². The van der Waals surface area contributed by atoms with E-state index in [1.807, 2.05) is 0 Å². The second-order valence-corrected chi connectivity index (χ2v) is 6.49. The Morgan fingerprint density at radius 3 is 2.75 bits per heavy atom. The average Bonchev–Trinajstić information content (AvgIpc) is 2.79. The van der Waals surface area contributed by atoms with Gasteiger partial charge in [0.2, 0.25) is 10.0 Å². The molecule has 10 heteroatoms. The van der Waals surface area contributed by atoms with Crippen LogP contribution in [0.3, 0.4) is 0 Å². The fourth-order valence-corrected chi connectivity index (χ4v) is 3.47. The Kier molecular flexibility index (Phi) is 4.59. The zero-order valence-corrected chi connectivity index (χ0v) is 12.7. The molecule has 0 saturated carbocycles. The lowest BCUT2D eigenvalue weighted by Gasteiger charge is -2.14. The number of rotatable bonds is 5. The van der Waals surface area contributed by atoms with Gasteiger partial charge in [-0.1, -0.05) is 23.2 Å². The summed E-state index contributed by atoms with van der Waals surface area (Å²) < 4.78 is 28.4. The lowest BCUT2D eigenvalue weighted by molar-refractivity contribution is 0.493. The van der Waals surface area contributed by atoms with Crippen molar-refractivity contribution in [2.24, 2.45) is 0 Å². The van der Waals surface area contributed by atoms with Crippen LogP contribution in [0, 0.1) is 0 Å². The summed E-state index contributed by atoms with van der Waals surface area (Å²) in [6, 6.07) is 2.28. The zero-order chi connectivity index (χ0) is 14.8. The molecule has 0 aliphatic heterocycles. The maximum Gasteiger partial charge on any atom is 0.243 e. The first-order chi connectivity index (χ1) is 9.38. The maximum atomic E-state index is 12.2. The predicted molar refractivity (Wildman–Crippen MR) is 74.1 cm³/mol. The molecule has 0 spiro atoms. The van der Waals surface area contributed by atoms with Crippen molar-refractivity contribution in [3.05, 3.63) is 35.1 Å². The summed E-state index contributed by atoms with van der Waals surface area (Å²) in [4.78, 5) is 7.37. The Morgan fingerprint density at radius 1 is 1.40 bits per heavy atom. The molecule has 0 unspecified atom stereocenters. The molecule has 2 rings (SSSR count). The molecule has 0 saturated heterocycles. The van der Waals surface area contributed by atoms with Gasteiger partial charge in [-0.3, -0.25) is 4.68 Å². The predicted octanol–water partition coefficient (Wildman–Crippen LogP) is 1.35. The van der Waals surface area contributed by atoms with Crippen LogP contribution in [0.5, 0.6) is 0 Å². The van der Waals surface area contributed by atoms with E-state index < -0.39 is 16.1 Å². The van der Waals surface area contributed by atoms with Crippen molar-refractivity contribution in [2.75, 3.05) is 0 Å². The second kappa shape index (κ2) is 6.04. The highest BCUT2D eigenvalue weighted by Crippen LogP contribution is 2.21. The first-order valence-corrected chi connectivity index (χ1v) is 7.79. The molecular weight excluding hydrogens is 325 g/mol. The Balaban J connectivity index is 2.14. The minimum Gasteiger partial charge on any atom is -0.251 e. The summed E-state index contributed by atoms with van der Waals surface area (Å²) >= 11 is 11.4. The highest BCUT2D eigenvalue weighted by molar-refractivity contribution is 7.89. The third-order valence-corrected chi connectivity index (χ3v) is 4.59. The monoisotopic (exact) mass is 335 g/mol. The first-order valence-electron chi connectivity index (χ1n) is 5.55. The van der Waals surface area contributed by atoms with Crippen LogP contribution in [0.25, 0.3) is 0 Å². The summed E-state index contributed by atoms with van der Waals surface area (Å²) in [6.45, 7) is 2.05. The number of hydrogen-bond donors (Lipinski definition) is 1. The highest BCUT2D eigenvalue weighted by atomic mass is 35.5. The molecule has 0 radical (unpaired) electrons. The number of pyridine rings is 1. The fourth-order valence-electron chi connectivity index (χ4n) is 1.57. The normalized spacial score (nSPS) is 13.3. The smallest absolute Gasteiger partial charge is 0.243 e. The quantitative estimate of drug-likeness (QED) is 0.833. The second-order valence-electron chi connectivity index (χ2n) is 4.06. The molecule has 0 bridgehead atoms. The Morgan fingerprint density at radius 2 is 2.15 bits per heavy atom. The lowest BCUT2D eigenvalue weighted by atomic mass is 10.4. The largest absolute Gasteiger partial charge is 0.251 e. The number of nitrogens with zero attached hydrogens (tertiary/aromatic N) is 4. The zero-order valence-electron chi connectivity index (χ0n) is 10.4. The molecule has 0 fully saturated rings. The van der Waals surface area contributed by atoms with Crippen LogP contribution < -0.4 is 4.72 Å². The molecule has 20 heavy (non-hydrogen) atoms. The molecule has 108 valence electrons. The Bertz CT molecular complexity index is 690. The summed E-state index contributed by atoms with van der Waals surface area (Å²) in [5.41, 5.74) is 0. The van der Waals surface area contributed by atoms with E-state index in [-0.39, 0.29) is 15.2 Å². The van der Waals surface area contributed by atoms with E-state index in [1.54, 1.807) is 6.92 Å². The van der Waals surface area contributed by atoms with E-state index in [2.05, 4.69) is 19.8 Å². The van der Waals surface area contributed by atoms with E-state index in [4.69, 9.17) is 23.2 Å². The van der Waals surface area contributed by atoms with Gasteiger partial charge in [0, 0.05) is 6.04 Å². The van der Waals surface area contributed by atoms with Gasteiger partial charge in [0.15, 0.2) is 5.15 Å². The van der Waals surface area contributed by atoms with Crippen molar-refractivity contribution in [3.8, 4) is 0 Å². The average molecular weight is 336 g/mol. The molecule has 2 heterocycles. The molecule has 2 aromatic heterocycles. The van der Waals surface area contributed by atoms with Crippen LogP contribution in [0.15, 0.2) is 29.7 Å². The van der Waals surface area contributed by atoms with Gasteiger partial charge in [-0.2, -0.15) is 5.10 Å². The van der Waals surface area contributed by atoms with Gasteiger partial charge in [-0.15, -0.1) is 0 Å². The van der Waals surface area contributed by atoms with Gasteiger partial charge in [0.25, 0.3) is 0 Å². The summed E-state index contributed by atoms with van der Waals surface area (Å²) in [5.74, 6) is 0. The van der Waals surface area contributed by atoms with Crippen LogP contribution in [0.2, 0.25) is 10.3 Å². The van der Waals surface area contributed by atoms with Crippen molar-refractivity contribution >= 4 is 33.2 Å². The molecule has 1 atom stereocenters. The maximum absolute atomic E-state index is 12.2. The van der Waals surface area contributed by atoms with E-state index in [0.717, 1.165) is 0 Å². The van der Waals surface area contributed by atoms with E-state index >= 15 is 0 Å². The molecule has 2 aromatic rings. The minimum absolute atomic E-state index is 0.117. The molecule has 0 amide bonds. The van der Waals surface area contributed by atoms with Gasteiger partial charge < -0.3 is 0 Å². The van der Waals surface area contributed by atoms with E-state index in [9.17, 15) is 8.42 Å². The fraction of sp³-hybridized carbons (Fsp3) is 0.300. The number of hydrogen-bond acceptors (Lipinski definition) is 5. The highest BCUT2D eigenvalue weighted by Gasteiger charge is 2.21. The summed E-state index contributed by atoms with van der Waals surface area (Å²) in [5, 5.41) is 3.86. The molecule has 0 aromatic carbocycles. The number of sulfonamides is 1. The van der Waals surface area contributed by atoms with Gasteiger partial charge in [0.1, 0.15) is 22.7 Å². The number of halogens is 2. The first kappa shape index (κ1) is 15.2. The van der Waals surface area contributed by atoms with Gasteiger partial charge in [0.05, 0.1) is 6.54 Å². The Hall–Kier alpha value is -1.22. The van der Waals surface area contributed by atoms with E-state index in [0.29, 0.717) is 6.54 Å². The van der Waals surface area contributed by atoms with Crippen LogP contribution in [-0.2, 0) is 16.6 Å². The molecular formula is C10H11Cl2N5O2S. The third-order valence-electron chi connectivity index (χ3n) is 2.35. The summed E-state index contributed by atoms with van der Waals surface area (Å²) in [6.07, 6.45) is 2.88. The molecule has 0 aliphatic carbocycles. The van der Waals surface area contributed by atoms with E-state index in [1.165, 1.54) is 29.5 Å². The SMILES string of the molecule is C[C@H](Cn1cncn1)NS(=O)(=O)c1ccc(Cl)nc1Cl. The van der Waals surface area contributed by atoms with Crippen LogP contribution in [0.1, 0.15) is 6.92 Å². The van der Waals surface area contributed by atoms with Crippen LogP contribution in [0.4, 0.5) is 0 Å². The lowest BCUT2D eigenvalue weighted by Crippen LogP contribution is -2.36. The Labute approximate surface area is 126 Å². The third kappa shape index (κ3) is 3.66. The van der Waals surface area contributed by atoms with Crippen molar-refractivity contribution in [2.45, 2.75) is 24.4 Å². The van der Waals surface area contributed by atoms with Crippen molar-refractivity contribution in [1.29, 1.82) is 0 Å². The standard InChI is InChI=1S/C10H11Cl2N5O2S/c1-7(4-17-6-13-5-14-17)16-20(18,19)8-2-3-9(11)15-10(8)12/h2-3,5-7,16H,4H2,1H3/t7-/m1/s1.